The number of hydrogen-bond acceptors (Lipinski definition) is 3. The summed E-state index contributed by atoms with van der Waals surface area (Å²) in [5, 5.41) is 4.08. The summed E-state index contributed by atoms with van der Waals surface area (Å²) in [5.41, 5.74) is 6.63. The van der Waals surface area contributed by atoms with Crippen molar-refractivity contribution in [2.75, 3.05) is 0 Å². The van der Waals surface area contributed by atoms with Crippen molar-refractivity contribution in [2.24, 2.45) is 18.7 Å². The van der Waals surface area contributed by atoms with Crippen LogP contribution >= 0.6 is 0 Å². The molecule has 1 aliphatic rings. The smallest absolute Gasteiger partial charge is 0.157 e. The maximum Gasteiger partial charge on any atom is 0.157 e. The fourth-order valence-corrected chi connectivity index (χ4v) is 2.77. The second kappa shape index (κ2) is 4.61. The average Bonchev–Trinajstić information content (AvgIpc) is 2.63. The van der Waals surface area contributed by atoms with Gasteiger partial charge in [0.25, 0.3) is 0 Å². The minimum atomic E-state index is -0.604. The van der Waals surface area contributed by atoms with Crippen LogP contribution in [0.1, 0.15) is 38.2 Å². The summed E-state index contributed by atoms with van der Waals surface area (Å²) in [4.78, 5) is 12.3. The van der Waals surface area contributed by atoms with E-state index in [1.54, 1.807) is 10.9 Å². The standard InChI is InChI=1S/C13H21N3O/c1-10-4-3-5-13(14,7-10)12(17)6-11-8-15-16(2)9-11/h8-10H,3-7,14H2,1-2H3. The van der Waals surface area contributed by atoms with Gasteiger partial charge in [-0.2, -0.15) is 5.10 Å². The van der Waals surface area contributed by atoms with Crippen LogP contribution in [0, 0.1) is 5.92 Å². The third-order valence-electron chi connectivity index (χ3n) is 3.71. The Kier molecular flexibility index (Phi) is 3.33. The van der Waals surface area contributed by atoms with E-state index < -0.39 is 5.54 Å². The number of Topliss-reactive ketones (excluding diaryl/α,β-unsaturated/α-hetero) is 1. The van der Waals surface area contributed by atoms with Gasteiger partial charge >= 0.3 is 0 Å². The molecule has 4 nitrogen and oxygen atoms in total. The van der Waals surface area contributed by atoms with E-state index in [-0.39, 0.29) is 5.78 Å². The molecule has 0 amide bonds. The molecule has 0 bridgehead atoms. The van der Waals surface area contributed by atoms with Gasteiger partial charge in [0.1, 0.15) is 0 Å². The molecule has 4 heteroatoms. The Morgan fingerprint density at radius 1 is 1.71 bits per heavy atom. The highest BCUT2D eigenvalue weighted by Gasteiger charge is 2.37. The largest absolute Gasteiger partial charge is 0.319 e. The van der Waals surface area contributed by atoms with Crippen molar-refractivity contribution in [3.05, 3.63) is 18.0 Å². The molecule has 94 valence electrons. The summed E-state index contributed by atoms with van der Waals surface area (Å²) in [5.74, 6) is 0.726. The normalized spacial score (nSPS) is 29.2. The Labute approximate surface area is 102 Å². The molecule has 1 saturated carbocycles. The molecular weight excluding hydrogens is 214 g/mol. The second-order valence-electron chi connectivity index (χ2n) is 5.48. The van der Waals surface area contributed by atoms with Gasteiger partial charge in [0.05, 0.1) is 11.7 Å². The molecular formula is C13H21N3O. The SMILES string of the molecule is CC1CCCC(N)(C(=O)Cc2cnn(C)c2)C1. The molecule has 0 radical (unpaired) electrons. The Bertz CT molecular complexity index is 413. The lowest BCUT2D eigenvalue weighted by Gasteiger charge is -2.35. The first kappa shape index (κ1) is 12.3. The monoisotopic (exact) mass is 235 g/mol. The van der Waals surface area contributed by atoms with Crippen molar-refractivity contribution in [3.63, 3.8) is 0 Å². The fourth-order valence-electron chi connectivity index (χ4n) is 2.77. The predicted molar refractivity (Wildman–Crippen MR) is 66.5 cm³/mol. The van der Waals surface area contributed by atoms with Gasteiger partial charge in [-0.05, 0) is 24.3 Å². The van der Waals surface area contributed by atoms with Crippen LogP contribution in [-0.4, -0.2) is 21.1 Å². The lowest BCUT2D eigenvalue weighted by molar-refractivity contribution is -0.125. The number of nitrogens with two attached hydrogens (primary N) is 1. The number of aryl methyl sites for hydroxylation is 1. The first-order valence-corrected chi connectivity index (χ1v) is 6.29. The van der Waals surface area contributed by atoms with E-state index in [2.05, 4.69) is 12.0 Å². The highest BCUT2D eigenvalue weighted by molar-refractivity contribution is 5.90. The van der Waals surface area contributed by atoms with Crippen molar-refractivity contribution in [2.45, 2.75) is 44.6 Å². The van der Waals surface area contributed by atoms with E-state index in [0.29, 0.717) is 12.3 Å². The Hall–Kier alpha value is -1.16. The van der Waals surface area contributed by atoms with Crippen LogP contribution in [0.4, 0.5) is 0 Å². The molecule has 1 heterocycles. The number of nitrogens with zero attached hydrogens (tertiary/aromatic N) is 2. The van der Waals surface area contributed by atoms with Crippen molar-refractivity contribution in [1.29, 1.82) is 0 Å². The summed E-state index contributed by atoms with van der Waals surface area (Å²) < 4.78 is 1.72. The van der Waals surface area contributed by atoms with Crippen LogP contribution in [0.5, 0.6) is 0 Å². The predicted octanol–water partition coefficient (Wildman–Crippen LogP) is 1.44. The van der Waals surface area contributed by atoms with Crippen LogP contribution in [0.3, 0.4) is 0 Å². The van der Waals surface area contributed by atoms with Gasteiger partial charge in [0.2, 0.25) is 0 Å². The van der Waals surface area contributed by atoms with Crippen molar-refractivity contribution < 1.29 is 4.79 Å². The lowest BCUT2D eigenvalue weighted by Crippen LogP contribution is -2.51. The summed E-state index contributed by atoms with van der Waals surface area (Å²) in [6.45, 7) is 2.18. The van der Waals surface area contributed by atoms with E-state index in [0.717, 1.165) is 24.8 Å². The number of carbonyl (C=O) groups excluding carboxylic acids is 1. The van der Waals surface area contributed by atoms with E-state index in [1.807, 2.05) is 13.2 Å². The number of aromatic nitrogens is 2. The van der Waals surface area contributed by atoms with E-state index in [1.165, 1.54) is 6.42 Å². The van der Waals surface area contributed by atoms with Gasteiger partial charge < -0.3 is 5.73 Å². The van der Waals surface area contributed by atoms with Crippen LogP contribution in [0.15, 0.2) is 12.4 Å². The third-order valence-corrected chi connectivity index (χ3v) is 3.71. The van der Waals surface area contributed by atoms with Crippen molar-refractivity contribution in [1.82, 2.24) is 9.78 Å². The number of carbonyl (C=O) groups is 1. The fraction of sp³-hybridized carbons (Fsp3) is 0.692. The van der Waals surface area contributed by atoms with Gasteiger partial charge in [-0.15, -0.1) is 0 Å². The first-order chi connectivity index (χ1) is 7.99. The Balaban J connectivity index is 2.03. The van der Waals surface area contributed by atoms with Gasteiger partial charge in [-0.25, -0.2) is 0 Å². The quantitative estimate of drug-likeness (QED) is 0.862. The summed E-state index contributed by atoms with van der Waals surface area (Å²) in [6, 6.07) is 0. The molecule has 1 aromatic rings. The highest BCUT2D eigenvalue weighted by atomic mass is 16.1. The molecule has 1 aliphatic carbocycles. The minimum absolute atomic E-state index is 0.164. The summed E-state index contributed by atoms with van der Waals surface area (Å²) in [7, 11) is 1.86. The van der Waals surface area contributed by atoms with E-state index in [9.17, 15) is 4.79 Å². The molecule has 0 saturated heterocycles. The molecule has 2 rings (SSSR count). The van der Waals surface area contributed by atoms with E-state index in [4.69, 9.17) is 5.73 Å². The lowest BCUT2D eigenvalue weighted by atomic mass is 9.73. The van der Waals surface area contributed by atoms with Crippen LogP contribution in [0.25, 0.3) is 0 Å². The average molecular weight is 235 g/mol. The Morgan fingerprint density at radius 3 is 3.06 bits per heavy atom. The highest BCUT2D eigenvalue weighted by Crippen LogP contribution is 2.31. The zero-order valence-corrected chi connectivity index (χ0v) is 10.6. The molecule has 0 aliphatic heterocycles. The maximum atomic E-state index is 12.3. The van der Waals surface area contributed by atoms with Crippen LogP contribution in [-0.2, 0) is 18.3 Å². The van der Waals surface area contributed by atoms with Crippen LogP contribution in [0.2, 0.25) is 0 Å². The topological polar surface area (TPSA) is 60.9 Å². The molecule has 2 N–H and O–H groups in total. The van der Waals surface area contributed by atoms with Crippen molar-refractivity contribution >= 4 is 5.78 Å². The molecule has 2 atom stereocenters. The number of rotatable bonds is 3. The van der Waals surface area contributed by atoms with Gasteiger partial charge in [-0.1, -0.05) is 19.8 Å². The van der Waals surface area contributed by atoms with Gasteiger partial charge in [0.15, 0.2) is 5.78 Å². The third kappa shape index (κ3) is 2.75. The summed E-state index contributed by atoms with van der Waals surface area (Å²) in [6.07, 6.45) is 7.95. The van der Waals surface area contributed by atoms with Crippen LogP contribution < -0.4 is 5.73 Å². The molecule has 2 unspecified atom stereocenters. The minimum Gasteiger partial charge on any atom is -0.319 e. The molecule has 0 aromatic carbocycles. The molecule has 1 aromatic heterocycles. The summed E-state index contributed by atoms with van der Waals surface area (Å²) >= 11 is 0. The maximum absolute atomic E-state index is 12.3. The van der Waals surface area contributed by atoms with Gasteiger partial charge in [0, 0.05) is 19.7 Å². The molecule has 1 fully saturated rings. The second-order valence-corrected chi connectivity index (χ2v) is 5.48. The number of ketones is 1. The zero-order chi connectivity index (χ0) is 12.5. The first-order valence-electron chi connectivity index (χ1n) is 6.29. The van der Waals surface area contributed by atoms with Crippen molar-refractivity contribution in [3.8, 4) is 0 Å². The van der Waals surface area contributed by atoms with Gasteiger partial charge in [-0.3, -0.25) is 9.48 Å². The van der Waals surface area contributed by atoms with E-state index >= 15 is 0 Å². The number of hydrogen-bond donors (Lipinski definition) is 1. The zero-order valence-electron chi connectivity index (χ0n) is 10.6. The Morgan fingerprint density at radius 2 is 2.47 bits per heavy atom. The molecule has 17 heavy (non-hydrogen) atoms. The molecule has 0 spiro atoms.